The van der Waals surface area contributed by atoms with Crippen molar-refractivity contribution in [3.05, 3.63) is 53.5 Å². The van der Waals surface area contributed by atoms with Crippen molar-refractivity contribution in [2.75, 3.05) is 31.1 Å². The number of aryl methyl sites for hydroxylation is 3. The zero-order valence-corrected chi connectivity index (χ0v) is 19.4. The molecular weight excluding hydrogens is 418 g/mol. The summed E-state index contributed by atoms with van der Waals surface area (Å²) in [6, 6.07) is 11.9. The van der Waals surface area contributed by atoms with E-state index in [2.05, 4.69) is 25.2 Å². The number of hydrogen-bond donors (Lipinski definition) is 0. The molecule has 172 valence electrons. The number of ether oxygens (including phenoxy) is 1. The third-order valence-corrected chi connectivity index (χ3v) is 6.57. The number of hydrogen-bond acceptors (Lipinski definition) is 7. The summed E-state index contributed by atoms with van der Waals surface area (Å²) in [7, 11) is 1.87. The molecule has 2 aromatic heterocycles. The van der Waals surface area contributed by atoms with Crippen molar-refractivity contribution < 1.29 is 9.53 Å². The summed E-state index contributed by atoms with van der Waals surface area (Å²) in [4.78, 5) is 26.9. The maximum atomic E-state index is 13.6. The standard InChI is InChI=1S/C24H29N7O2/c1-17-15-18(2)26-23(25-17)30-11-9-24(10-12-30)22(32)31(13-14-33-24)16-20-21(27-28-29(20)3)19-7-5-4-6-8-19/h4-8,15H,9-14,16H2,1-3H3. The number of carbonyl (C=O) groups is 1. The third-order valence-electron chi connectivity index (χ3n) is 6.57. The number of rotatable bonds is 4. The molecule has 3 aromatic rings. The van der Waals surface area contributed by atoms with E-state index in [1.807, 2.05) is 62.2 Å². The van der Waals surface area contributed by atoms with Crippen LogP contribution in [0, 0.1) is 13.8 Å². The molecule has 1 spiro atoms. The maximum Gasteiger partial charge on any atom is 0.255 e. The van der Waals surface area contributed by atoms with Crippen LogP contribution in [0.25, 0.3) is 11.3 Å². The molecule has 0 radical (unpaired) electrons. The molecule has 33 heavy (non-hydrogen) atoms. The molecular formula is C24H29N7O2. The molecule has 9 nitrogen and oxygen atoms in total. The molecule has 0 aliphatic carbocycles. The predicted octanol–water partition coefficient (Wildman–Crippen LogP) is 2.29. The molecule has 0 atom stereocenters. The zero-order chi connectivity index (χ0) is 23.0. The van der Waals surface area contributed by atoms with Gasteiger partial charge < -0.3 is 14.5 Å². The van der Waals surface area contributed by atoms with E-state index in [4.69, 9.17) is 4.74 Å². The first-order chi connectivity index (χ1) is 15.9. The van der Waals surface area contributed by atoms with Gasteiger partial charge in [0.15, 0.2) is 0 Å². The molecule has 4 heterocycles. The Balaban J connectivity index is 1.32. The highest BCUT2D eigenvalue weighted by atomic mass is 16.5. The molecule has 1 amide bonds. The number of aromatic nitrogens is 5. The molecule has 2 fully saturated rings. The van der Waals surface area contributed by atoms with Gasteiger partial charge in [0.25, 0.3) is 5.91 Å². The lowest BCUT2D eigenvalue weighted by Crippen LogP contribution is -2.60. The van der Waals surface area contributed by atoms with Crippen molar-refractivity contribution in [2.45, 2.75) is 38.8 Å². The number of anilines is 1. The van der Waals surface area contributed by atoms with Crippen LogP contribution >= 0.6 is 0 Å². The number of amides is 1. The number of nitrogens with zero attached hydrogens (tertiary/aromatic N) is 7. The van der Waals surface area contributed by atoms with Gasteiger partial charge in [0.2, 0.25) is 5.95 Å². The average Bonchev–Trinajstić information content (AvgIpc) is 3.17. The van der Waals surface area contributed by atoms with E-state index in [0.29, 0.717) is 45.6 Å². The Morgan fingerprint density at radius 2 is 1.73 bits per heavy atom. The van der Waals surface area contributed by atoms with Gasteiger partial charge in [-0.3, -0.25) is 4.79 Å². The second-order valence-corrected chi connectivity index (χ2v) is 8.88. The van der Waals surface area contributed by atoms with Crippen molar-refractivity contribution in [1.29, 1.82) is 0 Å². The summed E-state index contributed by atoms with van der Waals surface area (Å²) in [6.45, 7) is 6.87. The highest BCUT2D eigenvalue weighted by molar-refractivity contribution is 5.86. The van der Waals surface area contributed by atoms with E-state index >= 15 is 0 Å². The SMILES string of the molecule is Cc1cc(C)nc(N2CCC3(CC2)OCCN(Cc2c(-c4ccccc4)nnn2C)C3=O)n1. The van der Waals surface area contributed by atoms with Gasteiger partial charge >= 0.3 is 0 Å². The second-order valence-electron chi connectivity index (χ2n) is 8.88. The first-order valence-corrected chi connectivity index (χ1v) is 11.4. The highest BCUT2D eigenvalue weighted by Crippen LogP contribution is 2.34. The van der Waals surface area contributed by atoms with Gasteiger partial charge in [0, 0.05) is 56.5 Å². The van der Waals surface area contributed by atoms with Crippen molar-refractivity contribution >= 4 is 11.9 Å². The average molecular weight is 448 g/mol. The van der Waals surface area contributed by atoms with Gasteiger partial charge in [0.1, 0.15) is 11.3 Å². The van der Waals surface area contributed by atoms with Crippen LogP contribution < -0.4 is 4.90 Å². The van der Waals surface area contributed by atoms with Gasteiger partial charge in [-0.1, -0.05) is 35.5 Å². The summed E-state index contributed by atoms with van der Waals surface area (Å²) in [5.74, 6) is 0.783. The van der Waals surface area contributed by atoms with Crippen LogP contribution in [0.1, 0.15) is 29.9 Å². The van der Waals surface area contributed by atoms with E-state index < -0.39 is 5.60 Å². The Kier molecular flexibility index (Phi) is 5.57. The molecule has 9 heteroatoms. The minimum atomic E-state index is -0.785. The van der Waals surface area contributed by atoms with Gasteiger partial charge in [-0.2, -0.15) is 0 Å². The van der Waals surface area contributed by atoms with Crippen molar-refractivity contribution in [3.63, 3.8) is 0 Å². The lowest BCUT2D eigenvalue weighted by atomic mass is 9.88. The topological polar surface area (TPSA) is 89.3 Å². The first kappa shape index (κ1) is 21.5. The van der Waals surface area contributed by atoms with Gasteiger partial charge in [0.05, 0.1) is 18.8 Å². The molecule has 2 aliphatic rings. The number of piperidine rings is 1. The lowest BCUT2D eigenvalue weighted by molar-refractivity contribution is -0.176. The van der Waals surface area contributed by atoms with Gasteiger partial charge in [-0.15, -0.1) is 5.10 Å². The smallest absolute Gasteiger partial charge is 0.255 e. The van der Waals surface area contributed by atoms with E-state index in [1.165, 1.54) is 0 Å². The second kappa shape index (κ2) is 8.55. The largest absolute Gasteiger partial charge is 0.363 e. The van der Waals surface area contributed by atoms with E-state index in [9.17, 15) is 4.79 Å². The zero-order valence-electron chi connectivity index (χ0n) is 19.4. The van der Waals surface area contributed by atoms with Crippen molar-refractivity contribution in [1.82, 2.24) is 29.9 Å². The Morgan fingerprint density at radius 3 is 2.42 bits per heavy atom. The monoisotopic (exact) mass is 447 g/mol. The van der Waals surface area contributed by atoms with Crippen LogP contribution in [-0.2, 0) is 23.1 Å². The minimum Gasteiger partial charge on any atom is -0.363 e. The number of morpholine rings is 1. The quantitative estimate of drug-likeness (QED) is 0.606. The lowest BCUT2D eigenvalue weighted by Gasteiger charge is -2.46. The van der Waals surface area contributed by atoms with Crippen molar-refractivity contribution in [3.8, 4) is 11.3 Å². The summed E-state index contributed by atoms with van der Waals surface area (Å²) in [5.41, 5.74) is 3.85. The van der Waals surface area contributed by atoms with Gasteiger partial charge in [-0.25, -0.2) is 14.6 Å². The van der Waals surface area contributed by atoms with E-state index in [-0.39, 0.29) is 5.91 Å². The summed E-state index contributed by atoms with van der Waals surface area (Å²) >= 11 is 0. The maximum absolute atomic E-state index is 13.6. The fourth-order valence-electron chi connectivity index (χ4n) is 4.78. The molecule has 0 saturated carbocycles. The molecule has 1 aromatic carbocycles. The van der Waals surface area contributed by atoms with E-state index in [1.54, 1.807) is 4.68 Å². The molecule has 2 aliphatic heterocycles. The Bertz CT molecular complexity index is 1130. The third kappa shape index (κ3) is 4.08. The first-order valence-electron chi connectivity index (χ1n) is 11.4. The van der Waals surface area contributed by atoms with Crippen LogP contribution in [0.5, 0.6) is 0 Å². The molecule has 0 unspecified atom stereocenters. The van der Waals surface area contributed by atoms with Crippen LogP contribution in [0.2, 0.25) is 0 Å². The Morgan fingerprint density at radius 1 is 1.03 bits per heavy atom. The summed E-state index contributed by atoms with van der Waals surface area (Å²) in [5, 5.41) is 8.58. The minimum absolute atomic E-state index is 0.0509. The van der Waals surface area contributed by atoms with Crippen LogP contribution in [0.3, 0.4) is 0 Å². The molecule has 0 bridgehead atoms. The predicted molar refractivity (Wildman–Crippen MR) is 123 cm³/mol. The van der Waals surface area contributed by atoms with E-state index in [0.717, 1.165) is 34.3 Å². The highest BCUT2D eigenvalue weighted by Gasteiger charge is 2.47. The summed E-state index contributed by atoms with van der Waals surface area (Å²) < 4.78 is 7.91. The molecule has 2 saturated heterocycles. The molecule has 5 rings (SSSR count). The normalized spacial score (nSPS) is 18.2. The summed E-state index contributed by atoms with van der Waals surface area (Å²) in [6.07, 6.45) is 1.24. The van der Waals surface area contributed by atoms with Gasteiger partial charge in [-0.05, 0) is 19.9 Å². The number of carbonyl (C=O) groups excluding carboxylic acids is 1. The van der Waals surface area contributed by atoms with Crippen LogP contribution in [0.4, 0.5) is 5.95 Å². The Hall–Kier alpha value is -3.33. The number of benzene rings is 1. The Labute approximate surface area is 193 Å². The van der Waals surface area contributed by atoms with Crippen LogP contribution in [-0.4, -0.2) is 67.6 Å². The fraction of sp³-hybridized carbons (Fsp3) is 0.458. The van der Waals surface area contributed by atoms with Crippen molar-refractivity contribution in [2.24, 2.45) is 7.05 Å². The fourth-order valence-corrected chi connectivity index (χ4v) is 4.78. The molecule has 0 N–H and O–H groups in total. The van der Waals surface area contributed by atoms with Crippen LogP contribution in [0.15, 0.2) is 36.4 Å².